The fourth-order valence-corrected chi connectivity index (χ4v) is 3.58. The highest BCUT2D eigenvalue weighted by Crippen LogP contribution is 2.27. The van der Waals surface area contributed by atoms with Crippen molar-refractivity contribution in [1.82, 2.24) is 4.98 Å². The third-order valence-electron chi connectivity index (χ3n) is 2.09. The lowest BCUT2D eigenvalue weighted by atomic mass is 10.4. The first-order valence-electron chi connectivity index (χ1n) is 4.75. The first-order valence-corrected chi connectivity index (χ1v) is 7.87. The standard InChI is InChI=1S/C10H5Cl2N3O2S2/c11-8-3-7(5-14-9(8)12)19(16,17)15-10-6(4-13)1-2-18-10/h1-3,5,15H. The summed E-state index contributed by atoms with van der Waals surface area (Å²) in [6.07, 6.45) is 1.09. The molecule has 9 heteroatoms. The van der Waals surface area contributed by atoms with Crippen LogP contribution in [0.4, 0.5) is 5.00 Å². The van der Waals surface area contributed by atoms with Gasteiger partial charge in [0.05, 0.1) is 10.6 Å². The predicted octanol–water partition coefficient (Wildman–Crippen LogP) is 3.12. The van der Waals surface area contributed by atoms with Crippen molar-refractivity contribution >= 4 is 49.6 Å². The Balaban J connectivity index is 2.38. The number of nitriles is 1. The van der Waals surface area contributed by atoms with Crippen LogP contribution in [0.2, 0.25) is 10.2 Å². The van der Waals surface area contributed by atoms with Crippen LogP contribution in [0.25, 0.3) is 0 Å². The molecule has 2 rings (SSSR count). The highest BCUT2D eigenvalue weighted by Gasteiger charge is 2.18. The van der Waals surface area contributed by atoms with Gasteiger partial charge < -0.3 is 0 Å². The molecule has 0 unspecified atom stereocenters. The van der Waals surface area contributed by atoms with Crippen LogP contribution < -0.4 is 4.72 Å². The molecular weight excluding hydrogens is 329 g/mol. The molecule has 1 N–H and O–H groups in total. The second-order valence-electron chi connectivity index (χ2n) is 3.32. The van der Waals surface area contributed by atoms with Crippen molar-refractivity contribution in [2.75, 3.05) is 4.72 Å². The van der Waals surface area contributed by atoms with Crippen molar-refractivity contribution in [3.8, 4) is 6.07 Å². The molecule has 98 valence electrons. The van der Waals surface area contributed by atoms with E-state index in [4.69, 9.17) is 28.5 Å². The zero-order valence-corrected chi connectivity index (χ0v) is 12.2. The SMILES string of the molecule is N#Cc1ccsc1NS(=O)(=O)c1cnc(Cl)c(Cl)c1. The van der Waals surface area contributed by atoms with Gasteiger partial charge in [0.2, 0.25) is 0 Å². The molecule has 2 heterocycles. The molecule has 0 bridgehead atoms. The number of nitrogens with one attached hydrogen (secondary N) is 1. The molecule has 0 fully saturated rings. The van der Waals surface area contributed by atoms with E-state index in [1.54, 1.807) is 5.38 Å². The van der Waals surface area contributed by atoms with Gasteiger partial charge in [-0.2, -0.15) is 5.26 Å². The van der Waals surface area contributed by atoms with Gasteiger partial charge in [0, 0.05) is 6.20 Å². The van der Waals surface area contributed by atoms with Crippen molar-refractivity contribution in [3.63, 3.8) is 0 Å². The summed E-state index contributed by atoms with van der Waals surface area (Å²) < 4.78 is 26.5. The molecule has 0 spiro atoms. The number of aromatic nitrogens is 1. The molecular formula is C10H5Cl2N3O2S2. The number of hydrogen-bond acceptors (Lipinski definition) is 5. The third kappa shape index (κ3) is 2.98. The molecule has 0 aliphatic heterocycles. The highest BCUT2D eigenvalue weighted by molar-refractivity contribution is 7.93. The first-order chi connectivity index (χ1) is 8.94. The van der Waals surface area contributed by atoms with E-state index in [9.17, 15) is 8.42 Å². The monoisotopic (exact) mass is 333 g/mol. The number of sulfonamides is 1. The van der Waals surface area contributed by atoms with Gasteiger partial charge in [-0.3, -0.25) is 4.72 Å². The van der Waals surface area contributed by atoms with Crippen molar-refractivity contribution in [2.45, 2.75) is 4.90 Å². The summed E-state index contributed by atoms with van der Waals surface area (Å²) in [6.45, 7) is 0. The predicted molar refractivity (Wildman–Crippen MR) is 74.1 cm³/mol. The maximum atomic E-state index is 12.1. The molecule has 19 heavy (non-hydrogen) atoms. The smallest absolute Gasteiger partial charge is 0.264 e. The van der Waals surface area contributed by atoms with E-state index in [0.717, 1.165) is 17.5 Å². The van der Waals surface area contributed by atoms with Crippen LogP contribution in [0.15, 0.2) is 28.6 Å². The van der Waals surface area contributed by atoms with Gasteiger partial charge in [0.15, 0.2) is 0 Å². The van der Waals surface area contributed by atoms with Gasteiger partial charge in [0.25, 0.3) is 10.0 Å². The molecule has 0 aliphatic rings. The fourth-order valence-electron chi connectivity index (χ4n) is 1.21. The lowest BCUT2D eigenvalue weighted by molar-refractivity contribution is 0.601. The number of pyridine rings is 1. The second kappa shape index (κ2) is 5.35. The van der Waals surface area contributed by atoms with Crippen LogP contribution in [0.3, 0.4) is 0 Å². The number of hydrogen-bond donors (Lipinski definition) is 1. The zero-order valence-electron chi connectivity index (χ0n) is 9.09. The molecule has 0 aromatic carbocycles. The van der Waals surface area contributed by atoms with Gasteiger partial charge in [-0.25, -0.2) is 13.4 Å². The average Bonchev–Trinajstić information content (AvgIpc) is 2.79. The maximum absolute atomic E-state index is 12.1. The number of rotatable bonds is 3. The van der Waals surface area contributed by atoms with E-state index >= 15 is 0 Å². The topological polar surface area (TPSA) is 82.9 Å². The van der Waals surface area contributed by atoms with Crippen molar-refractivity contribution < 1.29 is 8.42 Å². The highest BCUT2D eigenvalue weighted by atomic mass is 35.5. The lowest BCUT2D eigenvalue weighted by Crippen LogP contribution is -2.13. The molecule has 2 aromatic rings. The van der Waals surface area contributed by atoms with E-state index in [0.29, 0.717) is 0 Å². The number of thiophene rings is 1. The van der Waals surface area contributed by atoms with Gasteiger partial charge in [-0.05, 0) is 17.5 Å². The fraction of sp³-hybridized carbons (Fsp3) is 0. The third-order valence-corrected chi connectivity index (χ3v) is 5.06. The van der Waals surface area contributed by atoms with E-state index in [1.165, 1.54) is 12.1 Å². The van der Waals surface area contributed by atoms with Crippen molar-refractivity contribution in [1.29, 1.82) is 5.26 Å². The summed E-state index contributed by atoms with van der Waals surface area (Å²) in [4.78, 5) is 3.54. The maximum Gasteiger partial charge on any atom is 0.264 e. The van der Waals surface area contributed by atoms with E-state index < -0.39 is 10.0 Å². The first kappa shape index (κ1) is 14.1. The van der Waals surface area contributed by atoms with E-state index in [1.807, 2.05) is 6.07 Å². The Kier molecular flexibility index (Phi) is 3.96. The van der Waals surface area contributed by atoms with Crippen LogP contribution >= 0.6 is 34.5 Å². The normalized spacial score (nSPS) is 11.0. The van der Waals surface area contributed by atoms with Crippen LogP contribution in [-0.2, 0) is 10.0 Å². The number of anilines is 1. The van der Waals surface area contributed by atoms with Gasteiger partial charge in [-0.1, -0.05) is 23.2 Å². The molecule has 0 aliphatic carbocycles. The minimum absolute atomic E-state index is 0.0226. The van der Waals surface area contributed by atoms with Crippen LogP contribution in [0, 0.1) is 11.3 Å². The Bertz CT molecular complexity index is 765. The largest absolute Gasteiger partial charge is 0.269 e. The Labute approximate surface area is 123 Å². The Morgan fingerprint density at radius 2 is 2.16 bits per heavy atom. The van der Waals surface area contributed by atoms with Gasteiger partial charge in [-0.15, -0.1) is 11.3 Å². The van der Waals surface area contributed by atoms with Crippen molar-refractivity contribution in [3.05, 3.63) is 39.4 Å². The lowest BCUT2D eigenvalue weighted by Gasteiger charge is -2.06. The molecule has 0 atom stereocenters. The molecule has 0 radical (unpaired) electrons. The molecule has 0 amide bonds. The Morgan fingerprint density at radius 3 is 2.79 bits per heavy atom. The van der Waals surface area contributed by atoms with E-state index in [-0.39, 0.29) is 25.6 Å². The summed E-state index contributed by atoms with van der Waals surface area (Å²) >= 11 is 12.5. The van der Waals surface area contributed by atoms with Crippen molar-refractivity contribution in [2.24, 2.45) is 0 Å². The summed E-state index contributed by atoms with van der Waals surface area (Å²) in [5, 5.41) is 10.7. The Morgan fingerprint density at radius 1 is 1.42 bits per heavy atom. The minimum Gasteiger partial charge on any atom is -0.269 e. The van der Waals surface area contributed by atoms with Gasteiger partial charge in [0.1, 0.15) is 21.1 Å². The Hall–Kier alpha value is -1.33. The summed E-state index contributed by atoms with van der Waals surface area (Å²) in [6, 6.07) is 4.61. The summed E-state index contributed by atoms with van der Waals surface area (Å²) in [7, 11) is -3.85. The average molecular weight is 334 g/mol. The zero-order chi connectivity index (χ0) is 14.0. The number of halogens is 2. The van der Waals surface area contributed by atoms with Crippen LogP contribution in [0.5, 0.6) is 0 Å². The molecule has 0 saturated heterocycles. The molecule has 2 aromatic heterocycles. The summed E-state index contributed by atoms with van der Waals surface area (Å²) in [5.74, 6) is 0. The second-order valence-corrected chi connectivity index (χ2v) is 6.69. The number of nitrogens with zero attached hydrogens (tertiary/aromatic N) is 2. The van der Waals surface area contributed by atoms with E-state index in [2.05, 4.69) is 9.71 Å². The molecule has 0 saturated carbocycles. The quantitative estimate of drug-likeness (QED) is 0.874. The molecule has 5 nitrogen and oxygen atoms in total. The van der Waals surface area contributed by atoms with Gasteiger partial charge >= 0.3 is 0 Å². The van der Waals surface area contributed by atoms with Crippen LogP contribution in [0.1, 0.15) is 5.56 Å². The van der Waals surface area contributed by atoms with Crippen LogP contribution in [-0.4, -0.2) is 13.4 Å². The summed E-state index contributed by atoms with van der Waals surface area (Å²) in [5.41, 5.74) is 0.251. The minimum atomic E-state index is -3.85.